The van der Waals surface area contributed by atoms with Gasteiger partial charge in [0.25, 0.3) is 0 Å². The number of carboxylic acid groups (broad SMARTS) is 1. The molecule has 1 aromatic heterocycles. The predicted molar refractivity (Wildman–Crippen MR) is 65.1 cm³/mol. The first kappa shape index (κ1) is 11.8. The summed E-state index contributed by atoms with van der Waals surface area (Å²) in [6.45, 7) is 1.75. The molecule has 88 valence electrons. The average molecular weight is 296 g/mol. The highest BCUT2D eigenvalue weighted by Gasteiger charge is 2.14. The fourth-order valence-electron chi connectivity index (χ4n) is 1.54. The van der Waals surface area contributed by atoms with Crippen LogP contribution in [0.4, 0.5) is 0 Å². The van der Waals surface area contributed by atoms with E-state index >= 15 is 0 Å². The molecule has 1 N–H and O–H groups in total. The van der Waals surface area contributed by atoms with Crippen LogP contribution < -0.4 is 0 Å². The minimum Gasteiger partial charge on any atom is -0.481 e. The van der Waals surface area contributed by atoms with E-state index in [-0.39, 0.29) is 6.42 Å². The van der Waals surface area contributed by atoms with Crippen molar-refractivity contribution in [2.45, 2.75) is 13.3 Å². The van der Waals surface area contributed by atoms with Crippen molar-refractivity contribution in [3.63, 3.8) is 0 Å². The van der Waals surface area contributed by atoms with Crippen LogP contribution >= 0.6 is 15.9 Å². The molecule has 2 rings (SSSR count). The molecule has 0 unspecified atom stereocenters. The standard InChI is InChI=1S/C11H10BrN3O2/c1-7-10(6-11(16)17)15(14-13-7)9-4-2-3-8(12)5-9/h2-5H,6H2,1H3,(H,16,17). The Hall–Kier alpha value is -1.69. The van der Waals surface area contributed by atoms with Gasteiger partial charge in [-0.2, -0.15) is 0 Å². The van der Waals surface area contributed by atoms with Gasteiger partial charge >= 0.3 is 5.97 Å². The molecule has 0 bridgehead atoms. The lowest BCUT2D eigenvalue weighted by Crippen LogP contribution is -2.09. The van der Waals surface area contributed by atoms with Crippen LogP contribution in [0, 0.1) is 6.92 Å². The molecule has 1 aromatic carbocycles. The van der Waals surface area contributed by atoms with Gasteiger partial charge in [0.05, 0.1) is 23.5 Å². The van der Waals surface area contributed by atoms with Crippen LogP contribution in [-0.4, -0.2) is 26.1 Å². The number of halogens is 1. The van der Waals surface area contributed by atoms with Gasteiger partial charge in [0.15, 0.2) is 0 Å². The second-order valence-corrected chi connectivity index (χ2v) is 4.50. The number of hydrogen-bond donors (Lipinski definition) is 1. The van der Waals surface area contributed by atoms with Gasteiger partial charge in [-0.1, -0.05) is 27.2 Å². The van der Waals surface area contributed by atoms with Crippen molar-refractivity contribution in [1.82, 2.24) is 15.0 Å². The van der Waals surface area contributed by atoms with Gasteiger partial charge < -0.3 is 5.11 Å². The molecule has 5 nitrogen and oxygen atoms in total. The summed E-state index contributed by atoms with van der Waals surface area (Å²) in [4.78, 5) is 10.8. The summed E-state index contributed by atoms with van der Waals surface area (Å²) in [5.74, 6) is -0.897. The van der Waals surface area contributed by atoms with Crippen molar-refractivity contribution in [2.24, 2.45) is 0 Å². The van der Waals surface area contributed by atoms with Gasteiger partial charge in [-0.25, -0.2) is 4.68 Å². The maximum absolute atomic E-state index is 10.8. The largest absolute Gasteiger partial charge is 0.481 e. The van der Waals surface area contributed by atoms with Gasteiger partial charge in [-0.05, 0) is 25.1 Å². The molecule has 17 heavy (non-hydrogen) atoms. The number of nitrogens with zero attached hydrogens (tertiary/aromatic N) is 3. The molecule has 0 saturated heterocycles. The van der Waals surface area contributed by atoms with Gasteiger partial charge in [0.1, 0.15) is 0 Å². The number of carbonyl (C=O) groups is 1. The Morgan fingerprint density at radius 1 is 1.53 bits per heavy atom. The Labute approximate surface area is 106 Å². The van der Waals surface area contributed by atoms with E-state index in [9.17, 15) is 4.79 Å². The topological polar surface area (TPSA) is 68.0 Å². The van der Waals surface area contributed by atoms with Crippen LogP contribution in [0.1, 0.15) is 11.4 Å². The maximum atomic E-state index is 10.8. The summed E-state index contributed by atoms with van der Waals surface area (Å²) >= 11 is 3.36. The highest BCUT2D eigenvalue weighted by atomic mass is 79.9. The molecular formula is C11H10BrN3O2. The quantitative estimate of drug-likeness (QED) is 0.940. The number of aliphatic carboxylic acids is 1. The van der Waals surface area contributed by atoms with Gasteiger partial charge in [0, 0.05) is 4.47 Å². The first-order valence-corrected chi connectivity index (χ1v) is 5.76. The molecule has 0 atom stereocenters. The minimum absolute atomic E-state index is 0.0919. The second-order valence-electron chi connectivity index (χ2n) is 3.58. The molecule has 0 aliphatic heterocycles. The van der Waals surface area contributed by atoms with E-state index < -0.39 is 5.97 Å². The van der Waals surface area contributed by atoms with Crippen LogP contribution in [0.2, 0.25) is 0 Å². The fraction of sp³-hybridized carbons (Fsp3) is 0.182. The normalized spacial score (nSPS) is 10.5. The Bertz CT molecular complexity index is 566. The van der Waals surface area contributed by atoms with E-state index in [4.69, 9.17) is 5.11 Å². The third kappa shape index (κ3) is 2.52. The molecule has 0 aliphatic carbocycles. The number of aromatic nitrogens is 3. The maximum Gasteiger partial charge on any atom is 0.309 e. The molecule has 1 heterocycles. The van der Waals surface area contributed by atoms with Crippen molar-refractivity contribution in [2.75, 3.05) is 0 Å². The predicted octanol–water partition coefficient (Wildman–Crippen LogP) is 1.97. The summed E-state index contributed by atoms with van der Waals surface area (Å²) in [6, 6.07) is 7.47. The second kappa shape index (κ2) is 4.67. The zero-order chi connectivity index (χ0) is 12.4. The van der Waals surface area contributed by atoms with E-state index in [0.29, 0.717) is 11.4 Å². The lowest BCUT2D eigenvalue weighted by Gasteiger charge is -2.05. The third-order valence-corrected chi connectivity index (χ3v) is 2.82. The molecule has 6 heteroatoms. The number of carboxylic acids is 1. The Kier molecular flexibility index (Phi) is 3.23. The number of aryl methyl sites for hydroxylation is 1. The summed E-state index contributed by atoms with van der Waals surface area (Å²) in [5.41, 5.74) is 2.01. The monoisotopic (exact) mass is 295 g/mol. The Balaban J connectivity index is 2.48. The van der Waals surface area contributed by atoms with Crippen molar-refractivity contribution >= 4 is 21.9 Å². The summed E-state index contributed by atoms with van der Waals surface area (Å²) in [5, 5.41) is 16.7. The van der Waals surface area contributed by atoms with E-state index in [1.807, 2.05) is 24.3 Å². The summed E-state index contributed by atoms with van der Waals surface area (Å²) in [6.07, 6.45) is -0.0919. The summed E-state index contributed by atoms with van der Waals surface area (Å²) < 4.78 is 2.46. The highest BCUT2D eigenvalue weighted by Crippen LogP contribution is 2.17. The Morgan fingerprint density at radius 2 is 2.29 bits per heavy atom. The lowest BCUT2D eigenvalue weighted by molar-refractivity contribution is -0.136. The molecule has 0 amide bonds. The molecule has 0 spiro atoms. The first-order valence-electron chi connectivity index (χ1n) is 4.97. The van der Waals surface area contributed by atoms with Crippen LogP contribution in [0.3, 0.4) is 0 Å². The summed E-state index contributed by atoms with van der Waals surface area (Å²) in [7, 11) is 0. The number of hydrogen-bond acceptors (Lipinski definition) is 3. The van der Waals surface area contributed by atoms with Gasteiger partial charge in [0.2, 0.25) is 0 Å². The minimum atomic E-state index is -0.897. The van der Waals surface area contributed by atoms with Crippen LogP contribution in [-0.2, 0) is 11.2 Å². The molecule has 0 aliphatic rings. The van der Waals surface area contributed by atoms with Gasteiger partial charge in [-0.3, -0.25) is 4.79 Å². The molecule has 0 fully saturated rings. The van der Waals surface area contributed by atoms with E-state index in [1.54, 1.807) is 11.6 Å². The molecular weight excluding hydrogens is 286 g/mol. The van der Waals surface area contributed by atoms with Crippen LogP contribution in [0.5, 0.6) is 0 Å². The molecule has 2 aromatic rings. The fourth-order valence-corrected chi connectivity index (χ4v) is 1.93. The zero-order valence-corrected chi connectivity index (χ0v) is 10.7. The Morgan fingerprint density at radius 3 is 2.94 bits per heavy atom. The zero-order valence-electron chi connectivity index (χ0n) is 9.09. The van der Waals surface area contributed by atoms with Crippen LogP contribution in [0.25, 0.3) is 5.69 Å². The van der Waals surface area contributed by atoms with Crippen molar-refractivity contribution < 1.29 is 9.90 Å². The van der Waals surface area contributed by atoms with Crippen molar-refractivity contribution in [3.05, 3.63) is 40.1 Å². The SMILES string of the molecule is Cc1nnn(-c2cccc(Br)c2)c1CC(=O)O. The lowest BCUT2D eigenvalue weighted by atomic mass is 10.2. The molecule has 0 saturated carbocycles. The van der Waals surface area contributed by atoms with Crippen molar-refractivity contribution in [3.8, 4) is 5.69 Å². The molecule has 0 radical (unpaired) electrons. The van der Waals surface area contributed by atoms with Crippen LogP contribution in [0.15, 0.2) is 28.7 Å². The number of benzene rings is 1. The first-order chi connectivity index (χ1) is 8.08. The van der Waals surface area contributed by atoms with Gasteiger partial charge in [-0.15, -0.1) is 5.10 Å². The van der Waals surface area contributed by atoms with E-state index in [0.717, 1.165) is 10.2 Å². The van der Waals surface area contributed by atoms with E-state index in [2.05, 4.69) is 26.2 Å². The number of rotatable bonds is 3. The highest BCUT2D eigenvalue weighted by molar-refractivity contribution is 9.10. The average Bonchev–Trinajstić information content (AvgIpc) is 2.60. The van der Waals surface area contributed by atoms with Crippen molar-refractivity contribution in [1.29, 1.82) is 0 Å². The smallest absolute Gasteiger partial charge is 0.309 e. The van der Waals surface area contributed by atoms with E-state index in [1.165, 1.54) is 0 Å². The third-order valence-electron chi connectivity index (χ3n) is 2.33.